The lowest BCUT2D eigenvalue weighted by atomic mass is 10.1. The third-order valence-corrected chi connectivity index (χ3v) is 4.09. The van der Waals surface area contributed by atoms with Crippen molar-refractivity contribution in [2.45, 2.75) is 13.1 Å². The van der Waals surface area contributed by atoms with Gasteiger partial charge in [0.15, 0.2) is 5.82 Å². The Hall–Kier alpha value is -3.55. The van der Waals surface area contributed by atoms with E-state index in [2.05, 4.69) is 25.4 Å². The summed E-state index contributed by atoms with van der Waals surface area (Å²) in [4.78, 5) is 13.0. The Morgan fingerprint density at radius 2 is 2.04 bits per heavy atom. The molecule has 0 amide bonds. The number of alkyl halides is 1. The van der Waals surface area contributed by atoms with Gasteiger partial charge in [-0.1, -0.05) is 6.07 Å². The largest absolute Gasteiger partial charge is 0.481 e. The van der Waals surface area contributed by atoms with Crippen LogP contribution in [0.1, 0.15) is 18.7 Å². The molecule has 8 heteroatoms. The lowest BCUT2D eigenvalue weighted by molar-refractivity contribution is 0.374. The van der Waals surface area contributed by atoms with Gasteiger partial charge in [0.2, 0.25) is 11.7 Å². The fourth-order valence-electron chi connectivity index (χ4n) is 2.75. The molecule has 136 valence electrons. The summed E-state index contributed by atoms with van der Waals surface area (Å²) in [6.45, 7) is 1.47. The maximum absolute atomic E-state index is 13.9. The van der Waals surface area contributed by atoms with Crippen molar-refractivity contribution >= 4 is 17.0 Å². The van der Waals surface area contributed by atoms with E-state index in [-0.39, 0.29) is 0 Å². The molecule has 4 rings (SSSR count). The average Bonchev–Trinajstić information content (AvgIpc) is 3.17. The van der Waals surface area contributed by atoms with Gasteiger partial charge in [0, 0.05) is 35.9 Å². The second-order valence-corrected chi connectivity index (χ2v) is 5.89. The Balaban J connectivity index is 1.82. The SMILES string of the molecule is COc1cccc(-c2nc(Nc3ccncc3C(C)F)c3cccn3n2)n1. The molecule has 4 aromatic heterocycles. The van der Waals surface area contributed by atoms with E-state index in [0.717, 1.165) is 5.52 Å². The van der Waals surface area contributed by atoms with E-state index in [0.29, 0.717) is 34.5 Å². The van der Waals surface area contributed by atoms with Crippen molar-refractivity contribution in [3.63, 3.8) is 0 Å². The van der Waals surface area contributed by atoms with Crippen LogP contribution in [-0.2, 0) is 0 Å². The van der Waals surface area contributed by atoms with Gasteiger partial charge in [0.1, 0.15) is 17.4 Å². The quantitative estimate of drug-likeness (QED) is 0.577. The van der Waals surface area contributed by atoms with E-state index < -0.39 is 6.17 Å². The van der Waals surface area contributed by atoms with Gasteiger partial charge in [-0.3, -0.25) is 4.98 Å². The summed E-state index contributed by atoms with van der Waals surface area (Å²) in [7, 11) is 1.55. The molecule has 1 atom stereocenters. The second-order valence-electron chi connectivity index (χ2n) is 5.89. The highest BCUT2D eigenvalue weighted by Crippen LogP contribution is 2.29. The summed E-state index contributed by atoms with van der Waals surface area (Å²) in [6.07, 6.45) is 3.77. The molecule has 1 N–H and O–H groups in total. The van der Waals surface area contributed by atoms with Crippen LogP contribution in [0.2, 0.25) is 0 Å². The van der Waals surface area contributed by atoms with E-state index in [4.69, 9.17) is 4.74 Å². The van der Waals surface area contributed by atoms with E-state index >= 15 is 0 Å². The third kappa shape index (κ3) is 3.29. The van der Waals surface area contributed by atoms with Gasteiger partial charge in [0.25, 0.3) is 0 Å². The number of ether oxygens (including phenoxy) is 1. The molecule has 0 aliphatic rings. The number of hydrogen-bond donors (Lipinski definition) is 1. The number of pyridine rings is 2. The number of anilines is 2. The number of nitrogens with zero attached hydrogens (tertiary/aromatic N) is 5. The first kappa shape index (κ1) is 16.9. The lowest BCUT2D eigenvalue weighted by Crippen LogP contribution is -2.06. The highest BCUT2D eigenvalue weighted by Gasteiger charge is 2.15. The molecule has 0 saturated carbocycles. The number of aromatic nitrogens is 5. The summed E-state index contributed by atoms with van der Waals surface area (Å²) < 4.78 is 20.8. The maximum atomic E-state index is 13.9. The molecule has 0 bridgehead atoms. The molecule has 0 aliphatic heterocycles. The van der Waals surface area contributed by atoms with Crippen molar-refractivity contribution in [1.82, 2.24) is 24.6 Å². The maximum Gasteiger partial charge on any atom is 0.213 e. The van der Waals surface area contributed by atoms with Crippen LogP contribution in [0.15, 0.2) is 55.0 Å². The molecule has 27 heavy (non-hydrogen) atoms. The predicted octanol–water partition coefficient (Wildman–Crippen LogP) is 3.97. The molecule has 7 nitrogen and oxygen atoms in total. The monoisotopic (exact) mass is 364 g/mol. The zero-order valence-corrected chi connectivity index (χ0v) is 14.8. The number of hydrogen-bond acceptors (Lipinski definition) is 6. The molecule has 4 aromatic rings. The smallest absolute Gasteiger partial charge is 0.213 e. The molecule has 4 heterocycles. The van der Waals surface area contributed by atoms with E-state index in [1.165, 1.54) is 13.1 Å². The number of halogens is 1. The Kier molecular flexibility index (Phi) is 4.37. The van der Waals surface area contributed by atoms with E-state index in [1.807, 2.05) is 24.4 Å². The molecule has 1 unspecified atom stereocenters. The van der Waals surface area contributed by atoms with Crippen LogP contribution in [0.5, 0.6) is 5.88 Å². The van der Waals surface area contributed by atoms with Gasteiger partial charge < -0.3 is 10.1 Å². The van der Waals surface area contributed by atoms with Gasteiger partial charge in [-0.05, 0) is 31.2 Å². The van der Waals surface area contributed by atoms with E-state index in [1.54, 1.807) is 36.0 Å². The summed E-state index contributed by atoms with van der Waals surface area (Å²) in [5.74, 6) is 1.44. The van der Waals surface area contributed by atoms with Gasteiger partial charge >= 0.3 is 0 Å². The first-order valence-electron chi connectivity index (χ1n) is 8.37. The van der Waals surface area contributed by atoms with Crippen LogP contribution in [0.25, 0.3) is 17.0 Å². The average molecular weight is 364 g/mol. The van der Waals surface area contributed by atoms with Crippen LogP contribution in [-0.4, -0.2) is 31.7 Å². The van der Waals surface area contributed by atoms with Gasteiger partial charge in [-0.15, -0.1) is 5.10 Å². The molecule has 0 aromatic carbocycles. The fourth-order valence-corrected chi connectivity index (χ4v) is 2.75. The zero-order valence-electron chi connectivity index (χ0n) is 14.8. The first-order chi connectivity index (χ1) is 13.2. The summed E-state index contributed by atoms with van der Waals surface area (Å²) in [5, 5.41) is 7.71. The number of nitrogens with one attached hydrogen (secondary N) is 1. The number of methoxy groups -OCH3 is 1. The van der Waals surface area contributed by atoms with Crippen molar-refractivity contribution in [2.24, 2.45) is 0 Å². The molecular formula is C19H17FN6O. The van der Waals surface area contributed by atoms with Gasteiger partial charge in [-0.2, -0.15) is 0 Å². The standard InChI is InChI=1S/C19H17FN6O/c1-12(20)13-11-21-9-8-14(13)23-19-16-6-4-10-26(16)25-18(24-19)15-5-3-7-17(22-15)27-2/h3-12H,1-2H3,(H,21,23,24,25). The minimum absolute atomic E-state index is 0.420. The Morgan fingerprint density at radius 1 is 1.15 bits per heavy atom. The minimum Gasteiger partial charge on any atom is -0.481 e. The third-order valence-electron chi connectivity index (χ3n) is 4.09. The normalized spacial score (nSPS) is 12.1. The van der Waals surface area contributed by atoms with Crippen molar-refractivity contribution in [3.8, 4) is 17.4 Å². The van der Waals surface area contributed by atoms with Gasteiger partial charge in [0.05, 0.1) is 7.11 Å². The zero-order chi connectivity index (χ0) is 18.8. The van der Waals surface area contributed by atoms with Crippen molar-refractivity contribution in [3.05, 3.63) is 60.6 Å². The van der Waals surface area contributed by atoms with Crippen molar-refractivity contribution in [1.29, 1.82) is 0 Å². The molecular weight excluding hydrogens is 347 g/mol. The highest BCUT2D eigenvalue weighted by molar-refractivity contribution is 5.75. The topological polar surface area (TPSA) is 77.2 Å². The van der Waals surface area contributed by atoms with Crippen molar-refractivity contribution < 1.29 is 9.13 Å². The number of fused-ring (bicyclic) bond motifs is 1. The summed E-state index contributed by atoms with van der Waals surface area (Å²) in [6, 6.07) is 10.8. The van der Waals surface area contributed by atoms with Gasteiger partial charge in [-0.25, -0.2) is 18.9 Å². The first-order valence-corrected chi connectivity index (χ1v) is 8.37. The lowest BCUT2D eigenvalue weighted by Gasteiger charge is -2.13. The Morgan fingerprint density at radius 3 is 2.85 bits per heavy atom. The van der Waals surface area contributed by atoms with E-state index in [9.17, 15) is 4.39 Å². The van der Waals surface area contributed by atoms with Crippen LogP contribution in [0, 0.1) is 0 Å². The second kappa shape index (κ2) is 6.99. The van der Waals surface area contributed by atoms with Crippen LogP contribution in [0.4, 0.5) is 15.9 Å². The fraction of sp³-hybridized carbons (Fsp3) is 0.158. The van der Waals surface area contributed by atoms with Crippen molar-refractivity contribution in [2.75, 3.05) is 12.4 Å². The van der Waals surface area contributed by atoms with Crippen LogP contribution >= 0.6 is 0 Å². The molecule has 0 saturated heterocycles. The number of rotatable bonds is 5. The molecule has 0 radical (unpaired) electrons. The summed E-state index contributed by atoms with van der Waals surface area (Å²) >= 11 is 0. The predicted molar refractivity (Wildman–Crippen MR) is 99.8 cm³/mol. The minimum atomic E-state index is -1.16. The van der Waals surface area contributed by atoms with Crippen LogP contribution in [0.3, 0.4) is 0 Å². The molecule has 0 aliphatic carbocycles. The Labute approximate surface area is 154 Å². The molecule has 0 spiro atoms. The summed E-state index contributed by atoms with van der Waals surface area (Å²) in [5.41, 5.74) is 2.39. The van der Waals surface area contributed by atoms with Crippen LogP contribution < -0.4 is 10.1 Å². The highest BCUT2D eigenvalue weighted by atomic mass is 19.1. The Bertz CT molecular complexity index is 1090. The molecule has 0 fully saturated rings.